The summed E-state index contributed by atoms with van der Waals surface area (Å²) in [6, 6.07) is 8.67. The van der Waals surface area contributed by atoms with Gasteiger partial charge in [0, 0.05) is 5.56 Å². The Morgan fingerprint density at radius 2 is 1.96 bits per heavy atom. The second-order valence-corrected chi connectivity index (χ2v) is 6.40. The number of ketones is 1. The highest BCUT2D eigenvalue weighted by atomic mass is 16.7. The first kappa shape index (κ1) is 17.9. The average Bonchev–Trinajstić information content (AvgIpc) is 3.28. The molecule has 0 aromatic heterocycles. The molecule has 2 aliphatic rings. The maximum Gasteiger partial charge on any atom is 0.346 e. The van der Waals surface area contributed by atoms with E-state index in [2.05, 4.69) is 4.74 Å². The molecular weight excluding hydrogens is 364 g/mol. The number of methoxy groups -OCH3 is 1. The third kappa shape index (κ3) is 3.05. The Kier molecular flexibility index (Phi) is 4.43. The van der Waals surface area contributed by atoms with Gasteiger partial charge in [0.25, 0.3) is 0 Å². The summed E-state index contributed by atoms with van der Waals surface area (Å²) in [5, 5.41) is 0. The minimum atomic E-state index is -0.775. The molecule has 0 aliphatic carbocycles. The molecule has 0 fully saturated rings. The van der Waals surface area contributed by atoms with Crippen LogP contribution < -0.4 is 18.9 Å². The third-order valence-electron chi connectivity index (χ3n) is 4.57. The molecule has 0 radical (unpaired) electrons. The molecule has 144 valence electrons. The van der Waals surface area contributed by atoms with E-state index in [1.165, 1.54) is 7.11 Å². The maximum absolute atomic E-state index is 12.7. The fourth-order valence-corrected chi connectivity index (χ4v) is 3.05. The fraction of sp³-hybridized carbons (Fsp3) is 0.238. The molecule has 2 aliphatic heterocycles. The Morgan fingerprint density at radius 3 is 2.75 bits per heavy atom. The highest BCUT2D eigenvalue weighted by Crippen LogP contribution is 2.40. The van der Waals surface area contributed by atoms with E-state index < -0.39 is 12.1 Å². The molecule has 0 amide bonds. The zero-order chi connectivity index (χ0) is 19.8. The van der Waals surface area contributed by atoms with Gasteiger partial charge in [0.15, 0.2) is 23.4 Å². The topological polar surface area (TPSA) is 80.3 Å². The highest BCUT2D eigenvalue weighted by Gasteiger charge is 2.31. The van der Waals surface area contributed by atoms with Crippen molar-refractivity contribution in [3.63, 3.8) is 0 Å². The lowest BCUT2D eigenvalue weighted by Gasteiger charge is -2.15. The Hall–Kier alpha value is -3.48. The van der Waals surface area contributed by atoms with Gasteiger partial charge >= 0.3 is 5.97 Å². The van der Waals surface area contributed by atoms with Crippen LogP contribution in [0.4, 0.5) is 0 Å². The van der Waals surface area contributed by atoms with E-state index >= 15 is 0 Å². The number of allylic oxidation sites excluding steroid dienone is 1. The highest BCUT2D eigenvalue weighted by molar-refractivity contribution is 6.15. The van der Waals surface area contributed by atoms with Crippen molar-refractivity contribution in [2.75, 3.05) is 13.9 Å². The number of ether oxygens (including phenoxy) is 5. The van der Waals surface area contributed by atoms with Crippen molar-refractivity contribution in [1.29, 1.82) is 0 Å². The zero-order valence-electron chi connectivity index (χ0n) is 15.6. The standard InChI is InChI=1S/C21H18O7/c1-11-15(27-12(2)21(23)24-3)7-5-14-19(22)18(28-20(11)14)9-13-4-6-16-17(8-13)26-10-25-16/h4-9,12H,10H2,1-3H3/t12-/m1/s1. The third-order valence-corrected chi connectivity index (χ3v) is 4.57. The largest absolute Gasteiger partial charge is 0.479 e. The smallest absolute Gasteiger partial charge is 0.346 e. The molecule has 7 nitrogen and oxygen atoms in total. The molecule has 0 unspecified atom stereocenters. The van der Waals surface area contributed by atoms with Gasteiger partial charge in [0.2, 0.25) is 12.6 Å². The molecular formula is C21H18O7. The molecule has 0 saturated carbocycles. The molecule has 0 spiro atoms. The van der Waals surface area contributed by atoms with Crippen LogP contribution in [0.5, 0.6) is 23.0 Å². The van der Waals surface area contributed by atoms with Crippen LogP contribution in [-0.4, -0.2) is 31.8 Å². The summed E-state index contributed by atoms with van der Waals surface area (Å²) in [6.07, 6.45) is 0.879. The average molecular weight is 382 g/mol. The van der Waals surface area contributed by atoms with Gasteiger partial charge in [-0.2, -0.15) is 0 Å². The van der Waals surface area contributed by atoms with E-state index in [0.717, 1.165) is 5.56 Å². The molecule has 0 saturated heterocycles. The van der Waals surface area contributed by atoms with Crippen LogP contribution in [0.3, 0.4) is 0 Å². The second-order valence-electron chi connectivity index (χ2n) is 6.40. The van der Waals surface area contributed by atoms with Gasteiger partial charge in [-0.1, -0.05) is 6.07 Å². The van der Waals surface area contributed by atoms with Crippen LogP contribution >= 0.6 is 0 Å². The molecule has 2 aromatic carbocycles. The zero-order valence-corrected chi connectivity index (χ0v) is 15.6. The number of fused-ring (bicyclic) bond motifs is 2. The summed E-state index contributed by atoms with van der Waals surface area (Å²) in [5.41, 5.74) is 1.84. The Balaban J connectivity index is 1.61. The predicted molar refractivity (Wildman–Crippen MR) is 98.8 cm³/mol. The summed E-state index contributed by atoms with van der Waals surface area (Å²) < 4.78 is 26.8. The number of carbonyl (C=O) groups excluding carboxylic acids is 2. The predicted octanol–water partition coefficient (Wildman–Crippen LogP) is 3.28. The molecule has 7 heteroatoms. The van der Waals surface area contributed by atoms with E-state index in [0.29, 0.717) is 34.1 Å². The van der Waals surface area contributed by atoms with Gasteiger partial charge in [-0.15, -0.1) is 0 Å². The molecule has 1 atom stereocenters. The minimum Gasteiger partial charge on any atom is -0.479 e. The second kappa shape index (κ2) is 6.92. The van der Waals surface area contributed by atoms with E-state index in [1.807, 2.05) is 6.07 Å². The van der Waals surface area contributed by atoms with Crippen molar-refractivity contribution in [2.45, 2.75) is 20.0 Å². The normalized spacial score (nSPS) is 16.5. The fourth-order valence-electron chi connectivity index (χ4n) is 3.05. The molecule has 0 N–H and O–H groups in total. The Morgan fingerprint density at radius 1 is 1.18 bits per heavy atom. The lowest BCUT2D eigenvalue weighted by molar-refractivity contribution is -0.147. The van der Waals surface area contributed by atoms with Crippen molar-refractivity contribution in [3.8, 4) is 23.0 Å². The van der Waals surface area contributed by atoms with E-state index in [9.17, 15) is 9.59 Å². The number of rotatable bonds is 4. The van der Waals surface area contributed by atoms with Crippen LogP contribution in [0.1, 0.15) is 28.4 Å². The summed E-state index contributed by atoms with van der Waals surface area (Å²) in [5.74, 6) is 1.67. The van der Waals surface area contributed by atoms with Crippen LogP contribution in [0.2, 0.25) is 0 Å². The first-order valence-corrected chi connectivity index (χ1v) is 8.70. The van der Waals surface area contributed by atoms with Crippen molar-refractivity contribution >= 4 is 17.8 Å². The van der Waals surface area contributed by atoms with Crippen molar-refractivity contribution in [3.05, 3.63) is 52.8 Å². The Labute approximate surface area is 161 Å². The molecule has 4 rings (SSSR count). The van der Waals surface area contributed by atoms with Crippen LogP contribution in [0.25, 0.3) is 6.08 Å². The van der Waals surface area contributed by atoms with Crippen LogP contribution in [0, 0.1) is 6.92 Å². The molecule has 0 bridgehead atoms. The van der Waals surface area contributed by atoms with Crippen molar-refractivity contribution < 1.29 is 33.3 Å². The van der Waals surface area contributed by atoms with E-state index in [4.69, 9.17) is 18.9 Å². The summed E-state index contributed by atoms with van der Waals surface area (Å²) in [4.78, 5) is 24.3. The molecule has 2 heterocycles. The molecule has 28 heavy (non-hydrogen) atoms. The number of benzene rings is 2. The van der Waals surface area contributed by atoms with Crippen LogP contribution in [0.15, 0.2) is 36.1 Å². The minimum absolute atomic E-state index is 0.183. The number of hydrogen-bond acceptors (Lipinski definition) is 7. The van der Waals surface area contributed by atoms with Gasteiger partial charge in [0.1, 0.15) is 11.5 Å². The monoisotopic (exact) mass is 382 g/mol. The van der Waals surface area contributed by atoms with Gasteiger partial charge < -0.3 is 23.7 Å². The number of esters is 1. The molecule has 2 aromatic rings. The van der Waals surface area contributed by atoms with Gasteiger partial charge in [-0.05, 0) is 49.8 Å². The first-order chi connectivity index (χ1) is 13.5. The maximum atomic E-state index is 12.7. The van der Waals surface area contributed by atoms with E-state index in [1.54, 1.807) is 44.2 Å². The SMILES string of the molecule is COC(=O)[C@@H](C)Oc1ccc2c(c1C)OC(=Cc1ccc3c(c1)OCO3)C2=O. The van der Waals surface area contributed by atoms with Gasteiger partial charge in [-0.25, -0.2) is 4.79 Å². The van der Waals surface area contributed by atoms with Gasteiger partial charge in [0.05, 0.1) is 12.7 Å². The number of Topliss-reactive ketones (excluding diaryl/α,β-unsaturated/α-hetero) is 1. The van der Waals surface area contributed by atoms with Crippen molar-refractivity contribution in [2.24, 2.45) is 0 Å². The summed E-state index contributed by atoms with van der Waals surface area (Å²) in [7, 11) is 1.30. The lowest BCUT2D eigenvalue weighted by atomic mass is 10.1. The van der Waals surface area contributed by atoms with Gasteiger partial charge in [-0.3, -0.25) is 4.79 Å². The lowest BCUT2D eigenvalue weighted by Crippen LogP contribution is -2.25. The summed E-state index contributed by atoms with van der Waals surface area (Å²) in [6.45, 7) is 3.55. The Bertz CT molecular complexity index is 1010. The first-order valence-electron chi connectivity index (χ1n) is 8.70. The number of hydrogen-bond donors (Lipinski definition) is 0. The quantitative estimate of drug-likeness (QED) is 0.593. The van der Waals surface area contributed by atoms with Crippen molar-refractivity contribution in [1.82, 2.24) is 0 Å². The van der Waals surface area contributed by atoms with Crippen LogP contribution in [-0.2, 0) is 9.53 Å². The van der Waals surface area contributed by atoms with E-state index in [-0.39, 0.29) is 18.3 Å². The number of carbonyl (C=O) groups is 2. The summed E-state index contributed by atoms with van der Waals surface area (Å²) >= 11 is 0.